The molecule has 10 heteroatoms. The molecule has 198 valence electrons. The molecule has 0 spiro atoms. The lowest BCUT2D eigenvalue weighted by Gasteiger charge is -2.54. The monoisotopic (exact) mass is 535 g/mol. The number of carbonyl (C=O) groups is 3. The molecule has 8 nitrogen and oxygen atoms in total. The fourth-order valence-electron chi connectivity index (χ4n) is 5.10. The number of piperazine rings is 1. The number of rotatable bonds is 7. The lowest BCUT2D eigenvalue weighted by atomic mass is 9.98. The molecule has 4 amide bonds. The molecule has 0 saturated carbocycles. The molecular weight excluding hydrogens is 505 g/mol. The van der Waals surface area contributed by atoms with E-state index in [2.05, 4.69) is 5.32 Å². The number of amides is 4. The van der Waals surface area contributed by atoms with E-state index < -0.39 is 12.2 Å². The van der Waals surface area contributed by atoms with Gasteiger partial charge in [0.1, 0.15) is 18.0 Å². The maximum absolute atomic E-state index is 13.8. The summed E-state index contributed by atoms with van der Waals surface area (Å²) in [6.45, 7) is 0.903. The van der Waals surface area contributed by atoms with Crippen LogP contribution in [0.25, 0.3) is 0 Å². The van der Waals surface area contributed by atoms with Crippen molar-refractivity contribution in [3.8, 4) is 0 Å². The summed E-state index contributed by atoms with van der Waals surface area (Å²) in [7, 11) is 1.70. The Balaban J connectivity index is 1.40. The number of halogens is 1. The first kappa shape index (κ1) is 25.9. The van der Waals surface area contributed by atoms with Gasteiger partial charge in [-0.15, -0.1) is 11.3 Å². The molecule has 3 heterocycles. The van der Waals surface area contributed by atoms with Gasteiger partial charge in [-0.1, -0.05) is 48.5 Å². The molecule has 2 saturated heterocycles. The van der Waals surface area contributed by atoms with Crippen LogP contribution in [0, 0.1) is 5.82 Å². The van der Waals surface area contributed by atoms with Crippen LogP contribution in [0.4, 0.5) is 9.18 Å². The van der Waals surface area contributed by atoms with E-state index in [9.17, 15) is 18.8 Å². The van der Waals surface area contributed by atoms with Crippen molar-refractivity contribution in [2.45, 2.75) is 31.6 Å². The molecule has 2 aliphatic rings. The highest BCUT2D eigenvalue weighted by Crippen LogP contribution is 2.28. The topological polar surface area (TPSA) is 76.2 Å². The van der Waals surface area contributed by atoms with E-state index in [-0.39, 0.29) is 43.3 Å². The van der Waals surface area contributed by atoms with E-state index in [1.54, 1.807) is 45.3 Å². The van der Waals surface area contributed by atoms with Crippen LogP contribution in [0.3, 0.4) is 0 Å². The van der Waals surface area contributed by atoms with Gasteiger partial charge in [0.15, 0.2) is 0 Å². The van der Waals surface area contributed by atoms with Crippen LogP contribution in [-0.2, 0) is 29.0 Å². The number of urea groups is 1. The second-order valence-electron chi connectivity index (χ2n) is 9.55. The van der Waals surface area contributed by atoms with E-state index >= 15 is 0 Å². The Morgan fingerprint density at radius 1 is 1.03 bits per heavy atom. The fraction of sp³-hybridized carbons (Fsp3) is 0.321. The molecule has 0 radical (unpaired) electrons. The number of hydrogen-bond donors (Lipinski definition) is 1. The van der Waals surface area contributed by atoms with Crippen LogP contribution in [0.1, 0.15) is 16.0 Å². The van der Waals surface area contributed by atoms with Gasteiger partial charge in [0.2, 0.25) is 11.8 Å². The van der Waals surface area contributed by atoms with E-state index in [1.165, 1.54) is 22.0 Å². The van der Waals surface area contributed by atoms with Crippen molar-refractivity contribution in [3.63, 3.8) is 0 Å². The van der Waals surface area contributed by atoms with Crippen molar-refractivity contribution in [2.24, 2.45) is 0 Å². The summed E-state index contributed by atoms with van der Waals surface area (Å²) in [6, 6.07) is 18.5. The second-order valence-corrected chi connectivity index (χ2v) is 10.6. The van der Waals surface area contributed by atoms with E-state index in [0.717, 1.165) is 11.1 Å². The number of hydrogen-bond acceptors (Lipinski definition) is 5. The molecule has 2 atom stereocenters. The molecule has 2 fully saturated rings. The summed E-state index contributed by atoms with van der Waals surface area (Å²) in [5.41, 5.74) is 1.70. The van der Waals surface area contributed by atoms with E-state index in [4.69, 9.17) is 0 Å². The van der Waals surface area contributed by atoms with Gasteiger partial charge in [-0.05, 0) is 41.1 Å². The fourth-order valence-corrected chi connectivity index (χ4v) is 5.80. The quantitative estimate of drug-likeness (QED) is 0.505. The van der Waals surface area contributed by atoms with Crippen LogP contribution in [0.2, 0.25) is 0 Å². The Bertz CT molecular complexity index is 1270. The van der Waals surface area contributed by atoms with Crippen LogP contribution >= 0.6 is 11.3 Å². The number of nitrogens with zero attached hydrogens (tertiary/aromatic N) is 4. The number of likely N-dealkylation sites (N-methyl/N-ethyl adjacent to an activating group) is 1. The van der Waals surface area contributed by atoms with Crippen molar-refractivity contribution < 1.29 is 18.8 Å². The minimum absolute atomic E-state index is 0.0196. The van der Waals surface area contributed by atoms with Crippen LogP contribution in [0.15, 0.2) is 72.1 Å². The first-order valence-electron chi connectivity index (χ1n) is 12.6. The maximum Gasteiger partial charge on any atom is 0.334 e. The third-order valence-corrected chi connectivity index (χ3v) is 7.92. The molecular formula is C28H30FN5O3S. The molecule has 2 aliphatic heterocycles. The lowest BCUT2D eigenvalue weighted by Crippen LogP contribution is -2.76. The predicted molar refractivity (Wildman–Crippen MR) is 142 cm³/mol. The first-order valence-corrected chi connectivity index (χ1v) is 13.5. The van der Waals surface area contributed by atoms with Gasteiger partial charge in [-0.2, -0.15) is 0 Å². The molecule has 1 N–H and O–H groups in total. The summed E-state index contributed by atoms with van der Waals surface area (Å²) in [4.78, 5) is 45.1. The van der Waals surface area contributed by atoms with E-state index in [0.29, 0.717) is 19.4 Å². The lowest BCUT2D eigenvalue weighted by molar-refractivity contribution is -0.186. The number of fused-ring (bicyclic) bond motifs is 1. The summed E-state index contributed by atoms with van der Waals surface area (Å²) >= 11 is 1.64. The standard InChI is InChI=1S/C28H30FN5O3S/c1-31-19-26(35)33-24(16-20-6-3-2-4-7-20)27(36)32(14-13-23-8-5-15-38-23)18-25(33)34(31)28(37)30-17-21-9-11-22(29)12-10-21/h2-12,15,24-25H,13-14,16-19H2,1H3,(H,30,37)/t24-,25-/m0/s1. The normalized spacial score (nSPS) is 20.0. The number of benzene rings is 2. The predicted octanol–water partition coefficient (Wildman–Crippen LogP) is 3.11. The second kappa shape index (κ2) is 11.3. The molecule has 3 aromatic rings. The zero-order chi connectivity index (χ0) is 26.6. The number of thiophene rings is 1. The average molecular weight is 536 g/mol. The Morgan fingerprint density at radius 2 is 1.79 bits per heavy atom. The minimum Gasteiger partial charge on any atom is -0.337 e. The largest absolute Gasteiger partial charge is 0.337 e. The number of carbonyl (C=O) groups excluding carboxylic acids is 3. The van der Waals surface area contributed by atoms with Gasteiger partial charge < -0.3 is 15.1 Å². The average Bonchev–Trinajstić information content (AvgIpc) is 3.43. The van der Waals surface area contributed by atoms with Crippen molar-refractivity contribution in [1.29, 1.82) is 0 Å². The summed E-state index contributed by atoms with van der Waals surface area (Å²) < 4.78 is 13.3. The summed E-state index contributed by atoms with van der Waals surface area (Å²) in [5, 5.41) is 8.05. The number of hydrazine groups is 1. The van der Waals surface area contributed by atoms with Gasteiger partial charge in [-0.3, -0.25) is 9.59 Å². The highest BCUT2D eigenvalue weighted by atomic mass is 32.1. The molecule has 2 aromatic carbocycles. The van der Waals surface area contributed by atoms with Crippen molar-refractivity contribution in [2.75, 3.05) is 26.7 Å². The van der Waals surface area contributed by atoms with Crippen LogP contribution in [-0.4, -0.2) is 76.6 Å². The Hall–Kier alpha value is -3.76. The summed E-state index contributed by atoms with van der Waals surface area (Å²) in [5.74, 6) is -0.637. The Kier molecular flexibility index (Phi) is 7.71. The van der Waals surface area contributed by atoms with Gasteiger partial charge in [0.25, 0.3) is 0 Å². The van der Waals surface area contributed by atoms with Gasteiger partial charge in [0.05, 0.1) is 13.1 Å². The van der Waals surface area contributed by atoms with Crippen molar-refractivity contribution in [3.05, 3.63) is 93.9 Å². The first-order chi connectivity index (χ1) is 18.4. The third kappa shape index (κ3) is 5.56. The Labute approximate surface area is 225 Å². The molecule has 5 rings (SSSR count). The summed E-state index contributed by atoms with van der Waals surface area (Å²) in [6.07, 6.45) is 0.421. The molecule has 0 bridgehead atoms. The zero-order valence-electron chi connectivity index (χ0n) is 21.1. The van der Waals surface area contributed by atoms with Crippen molar-refractivity contribution >= 4 is 29.2 Å². The highest BCUT2D eigenvalue weighted by molar-refractivity contribution is 7.09. The Morgan fingerprint density at radius 3 is 2.50 bits per heavy atom. The number of nitrogens with one attached hydrogen (secondary N) is 1. The van der Waals surface area contributed by atoms with Gasteiger partial charge in [-0.25, -0.2) is 19.2 Å². The van der Waals surface area contributed by atoms with Gasteiger partial charge >= 0.3 is 6.03 Å². The smallest absolute Gasteiger partial charge is 0.334 e. The molecule has 38 heavy (non-hydrogen) atoms. The molecule has 0 aliphatic carbocycles. The highest BCUT2D eigenvalue weighted by Gasteiger charge is 2.50. The third-order valence-electron chi connectivity index (χ3n) is 6.98. The maximum atomic E-state index is 13.8. The van der Waals surface area contributed by atoms with Crippen LogP contribution in [0.5, 0.6) is 0 Å². The van der Waals surface area contributed by atoms with Gasteiger partial charge in [0, 0.05) is 31.4 Å². The van der Waals surface area contributed by atoms with Crippen molar-refractivity contribution in [1.82, 2.24) is 25.1 Å². The SMILES string of the molecule is CN1CC(=O)N2[C@@H](Cc3ccccc3)C(=O)N(CCc3cccs3)C[C@@H]2N1C(=O)NCc1ccc(F)cc1. The minimum atomic E-state index is -0.715. The molecule has 1 aromatic heterocycles. The zero-order valence-corrected chi connectivity index (χ0v) is 21.9. The van der Waals surface area contributed by atoms with Crippen LogP contribution < -0.4 is 5.32 Å². The van der Waals surface area contributed by atoms with E-state index in [1.807, 2.05) is 47.8 Å². The molecule has 0 unspecified atom stereocenters.